The Kier molecular flexibility index (Phi) is 10.0. The fourth-order valence-corrected chi connectivity index (χ4v) is 7.07. The molecule has 0 unspecified atom stereocenters. The topological polar surface area (TPSA) is 4.93 Å². The standard InChI is InChI=1S/C42H9F20N/c43-23-19(24(44)32(52)39(59)31(23)51)10-1-3-17-15(8-10)16-9-11(20-25(45)33(53)40(60)34(54)26(20)46)2-4-18(16)63(17)14-6-12(21-27(47)35(55)41(61)36(56)28(21)48)5-13(7-14)22-29(49)37(57)42(62)38(58)30(22)50/h1-9H. The van der Waals surface area contributed by atoms with Crippen molar-refractivity contribution in [3.05, 3.63) is 171 Å². The summed E-state index contributed by atoms with van der Waals surface area (Å²) in [6, 6.07) is 5.47. The summed E-state index contributed by atoms with van der Waals surface area (Å²) in [7, 11) is 0. The average Bonchev–Trinajstić information content (AvgIpc) is 3.59. The van der Waals surface area contributed by atoms with Gasteiger partial charge in [-0.3, -0.25) is 0 Å². The van der Waals surface area contributed by atoms with Crippen molar-refractivity contribution in [2.24, 2.45) is 0 Å². The lowest BCUT2D eigenvalue weighted by Crippen LogP contribution is -2.07. The van der Waals surface area contributed by atoms with Gasteiger partial charge >= 0.3 is 0 Å². The van der Waals surface area contributed by atoms with E-state index in [-0.39, 0.29) is 6.07 Å². The van der Waals surface area contributed by atoms with Crippen LogP contribution in [0.25, 0.3) is 72.0 Å². The first kappa shape index (κ1) is 42.6. The van der Waals surface area contributed by atoms with E-state index in [1.807, 2.05) is 0 Å². The first-order valence-electron chi connectivity index (χ1n) is 16.9. The molecule has 322 valence electrons. The Morgan fingerprint density at radius 3 is 0.698 bits per heavy atom. The Bertz CT molecular complexity index is 3020. The summed E-state index contributed by atoms with van der Waals surface area (Å²) >= 11 is 0. The molecule has 8 rings (SSSR count). The van der Waals surface area contributed by atoms with E-state index < -0.39 is 188 Å². The van der Waals surface area contributed by atoms with E-state index >= 15 is 35.1 Å². The van der Waals surface area contributed by atoms with Crippen molar-refractivity contribution in [3.8, 4) is 50.2 Å². The number of rotatable bonds is 5. The third-order valence-electron chi connectivity index (χ3n) is 9.93. The van der Waals surface area contributed by atoms with E-state index in [0.717, 1.165) is 16.7 Å². The summed E-state index contributed by atoms with van der Waals surface area (Å²) in [5.74, 6) is -50.6. The van der Waals surface area contributed by atoms with Gasteiger partial charge in [-0.25, -0.2) is 87.8 Å². The minimum Gasteiger partial charge on any atom is -0.309 e. The third-order valence-corrected chi connectivity index (χ3v) is 9.93. The predicted octanol–water partition coefficient (Wildman–Crippen LogP) is 14.2. The molecule has 21 heteroatoms. The number of hydrogen-bond acceptors (Lipinski definition) is 0. The highest BCUT2D eigenvalue weighted by Crippen LogP contribution is 2.44. The summed E-state index contributed by atoms with van der Waals surface area (Å²) in [5.41, 5.74) is -12.8. The second-order valence-corrected chi connectivity index (χ2v) is 13.3. The molecule has 0 fully saturated rings. The monoisotopic (exact) mass is 907 g/mol. The number of hydrogen-bond donors (Lipinski definition) is 0. The Balaban J connectivity index is 1.54. The summed E-state index contributed by atoms with van der Waals surface area (Å²) in [6.07, 6.45) is 0. The van der Waals surface area contributed by atoms with Gasteiger partial charge in [0.2, 0.25) is 23.3 Å². The molecule has 0 amide bonds. The zero-order valence-electron chi connectivity index (χ0n) is 29.7. The zero-order chi connectivity index (χ0) is 46.0. The van der Waals surface area contributed by atoms with Crippen molar-refractivity contribution in [1.82, 2.24) is 4.57 Å². The smallest absolute Gasteiger partial charge is 0.200 e. The molecule has 0 radical (unpaired) electrons. The zero-order valence-corrected chi connectivity index (χ0v) is 29.7. The van der Waals surface area contributed by atoms with Gasteiger partial charge in [-0.2, -0.15) is 0 Å². The third kappa shape index (κ3) is 6.10. The molecule has 0 atom stereocenters. The molecule has 1 nitrogen and oxygen atoms in total. The summed E-state index contributed by atoms with van der Waals surface area (Å²) in [5, 5.41) is -1.06. The van der Waals surface area contributed by atoms with Gasteiger partial charge in [0.1, 0.15) is 0 Å². The van der Waals surface area contributed by atoms with Crippen LogP contribution >= 0.6 is 0 Å². The van der Waals surface area contributed by atoms with E-state index in [4.69, 9.17) is 0 Å². The molecule has 63 heavy (non-hydrogen) atoms. The fourth-order valence-electron chi connectivity index (χ4n) is 7.07. The van der Waals surface area contributed by atoms with Gasteiger partial charge in [0.25, 0.3) is 0 Å². The van der Waals surface area contributed by atoms with Crippen LogP contribution in [-0.2, 0) is 0 Å². The molecule has 8 aromatic rings. The normalized spacial score (nSPS) is 11.8. The van der Waals surface area contributed by atoms with Crippen LogP contribution < -0.4 is 0 Å². The van der Waals surface area contributed by atoms with Crippen molar-refractivity contribution >= 4 is 21.8 Å². The number of aromatic nitrogens is 1. The van der Waals surface area contributed by atoms with Gasteiger partial charge in [0, 0.05) is 16.5 Å². The number of halogens is 20. The van der Waals surface area contributed by atoms with Gasteiger partial charge in [-0.1, -0.05) is 12.1 Å². The van der Waals surface area contributed by atoms with Crippen LogP contribution in [0.2, 0.25) is 0 Å². The SMILES string of the molecule is Fc1c(F)c(F)c(-c2cc(-c3c(F)c(F)c(F)c(F)c3F)cc(-n3c4ccc(-c5c(F)c(F)c(F)c(F)c5F)cc4c4cc(-c5c(F)c(F)c(F)c(F)c5F)ccc43)c2)c(F)c1F. The van der Waals surface area contributed by atoms with Gasteiger partial charge in [-0.05, 0) is 64.7 Å². The van der Waals surface area contributed by atoms with Crippen molar-refractivity contribution in [2.75, 3.05) is 0 Å². The van der Waals surface area contributed by atoms with E-state index in [0.29, 0.717) is 36.4 Å². The lowest BCUT2D eigenvalue weighted by Gasteiger charge is -2.16. The maximum absolute atomic E-state index is 15.3. The van der Waals surface area contributed by atoms with Crippen LogP contribution in [0.1, 0.15) is 0 Å². The molecule has 0 saturated heterocycles. The van der Waals surface area contributed by atoms with Crippen LogP contribution in [-0.4, -0.2) is 4.57 Å². The number of nitrogens with zero attached hydrogens (tertiary/aromatic N) is 1. The van der Waals surface area contributed by atoms with Crippen LogP contribution in [0, 0.1) is 116 Å². The number of fused-ring (bicyclic) bond motifs is 3. The highest BCUT2D eigenvalue weighted by molar-refractivity contribution is 6.12. The molecular formula is C42H9F20N. The maximum atomic E-state index is 15.3. The molecule has 0 saturated carbocycles. The minimum absolute atomic E-state index is 0.247. The summed E-state index contributed by atoms with van der Waals surface area (Å²) in [4.78, 5) is 0. The Hall–Kier alpha value is -7.06. The largest absolute Gasteiger partial charge is 0.309 e. The van der Waals surface area contributed by atoms with Crippen molar-refractivity contribution < 1.29 is 87.8 Å². The molecule has 0 spiro atoms. The molecule has 7 aromatic carbocycles. The van der Waals surface area contributed by atoms with Crippen LogP contribution in [0.3, 0.4) is 0 Å². The Labute approximate surface area is 335 Å². The maximum Gasteiger partial charge on any atom is 0.200 e. The number of benzene rings is 7. The summed E-state index contributed by atoms with van der Waals surface area (Å²) < 4.78 is 294. The molecule has 1 heterocycles. The van der Waals surface area contributed by atoms with Crippen molar-refractivity contribution in [2.45, 2.75) is 0 Å². The first-order valence-corrected chi connectivity index (χ1v) is 16.9. The van der Waals surface area contributed by atoms with E-state index in [9.17, 15) is 52.7 Å². The molecule has 1 aromatic heterocycles. The van der Waals surface area contributed by atoms with Crippen molar-refractivity contribution in [1.29, 1.82) is 0 Å². The van der Waals surface area contributed by atoms with Crippen LogP contribution in [0.4, 0.5) is 87.8 Å². The van der Waals surface area contributed by atoms with Gasteiger partial charge in [0.05, 0.1) is 33.3 Å². The predicted molar refractivity (Wildman–Crippen MR) is 182 cm³/mol. The minimum atomic E-state index is -2.69. The molecule has 0 bridgehead atoms. The Morgan fingerprint density at radius 2 is 0.444 bits per heavy atom. The molecule has 0 N–H and O–H groups in total. The quantitative estimate of drug-likeness (QED) is 0.0921. The Morgan fingerprint density at radius 1 is 0.222 bits per heavy atom. The molecular weight excluding hydrogens is 898 g/mol. The lowest BCUT2D eigenvalue weighted by molar-refractivity contribution is 0.381. The lowest BCUT2D eigenvalue weighted by atomic mass is 9.95. The van der Waals surface area contributed by atoms with E-state index in [1.54, 1.807) is 0 Å². The van der Waals surface area contributed by atoms with Gasteiger partial charge in [0.15, 0.2) is 93.1 Å². The van der Waals surface area contributed by atoms with Gasteiger partial charge in [-0.15, -0.1) is 0 Å². The molecule has 0 aliphatic carbocycles. The highest BCUT2D eigenvalue weighted by atomic mass is 19.2. The second kappa shape index (κ2) is 14.8. The fraction of sp³-hybridized carbons (Fsp3) is 0. The van der Waals surface area contributed by atoms with Gasteiger partial charge < -0.3 is 4.57 Å². The van der Waals surface area contributed by atoms with E-state index in [2.05, 4.69) is 0 Å². The second-order valence-electron chi connectivity index (χ2n) is 13.3. The average molecular weight is 908 g/mol. The first-order chi connectivity index (χ1) is 29.6. The highest BCUT2D eigenvalue weighted by Gasteiger charge is 2.33. The van der Waals surface area contributed by atoms with Crippen LogP contribution in [0.5, 0.6) is 0 Å². The van der Waals surface area contributed by atoms with Crippen LogP contribution in [0.15, 0.2) is 54.6 Å². The van der Waals surface area contributed by atoms with Crippen molar-refractivity contribution in [3.63, 3.8) is 0 Å². The molecule has 0 aliphatic rings. The summed E-state index contributed by atoms with van der Waals surface area (Å²) in [6.45, 7) is 0. The molecule has 0 aliphatic heterocycles. The van der Waals surface area contributed by atoms with E-state index in [1.165, 1.54) is 0 Å².